The number of carbonyl (C=O) groups is 1. The molecule has 0 aliphatic carbocycles. The van der Waals surface area contributed by atoms with E-state index in [9.17, 15) is 4.79 Å². The first-order valence-electron chi connectivity index (χ1n) is 8.58. The molecular formula is C18H29Cl2N3O2. The Kier molecular flexibility index (Phi) is 9.00. The maximum atomic E-state index is 12.7. The lowest BCUT2D eigenvalue weighted by Crippen LogP contribution is -2.58. The fourth-order valence-corrected chi connectivity index (χ4v) is 3.55. The third-order valence-corrected chi connectivity index (χ3v) is 5.07. The summed E-state index contributed by atoms with van der Waals surface area (Å²) in [5.74, 6) is 0.193. The van der Waals surface area contributed by atoms with Gasteiger partial charge in [0.1, 0.15) is 6.04 Å². The van der Waals surface area contributed by atoms with E-state index in [4.69, 9.17) is 4.74 Å². The number of benzene rings is 1. The third-order valence-electron chi connectivity index (χ3n) is 5.07. The molecule has 2 heterocycles. The molecule has 1 aromatic rings. The second-order valence-corrected chi connectivity index (χ2v) is 6.51. The van der Waals surface area contributed by atoms with Crippen LogP contribution in [0.2, 0.25) is 0 Å². The van der Waals surface area contributed by atoms with Crippen molar-refractivity contribution in [3.05, 3.63) is 30.3 Å². The highest BCUT2D eigenvalue weighted by atomic mass is 35.5. The first-order chi connectivity index (χ1) is 11.2. The van der Waals surface area contributed by atoms with Crippen molar-refractivity contribution in [2.24, 2.45) is 0 Å². The van der Waals surface area contributed by atoms with Gasteiger partial charge in [-0.3, -0.25) is 4.79 Å². The Morgan fingerprint density at radius 2 is 1.84 bits per heavy atom. The summed E-state index contributed by atoms with van der Waals surface area (Å²) in [5.41, 5.74) is 1.24. The van der Waals surface area contributed by atoms with Crippen molar-refractivity contribution >= 4 is 36.4 Å². The fraction of sp³-hybridized carbons (Fsp3) is 0.611. The van der Waals surface area contributed by atoms with E-state index in [-0.39, 0.29) is 42.9 Å². The zero-order chi connectivity index (χ0) is 16.2. The van der Waals surface area contributed by atoms with E-state index >= 15 is 0 Å². The van der Waals surface area contributed by atoms with Crippen LogP contribution in [0.4, 0.5) is 5.69 Å². The van der Waals surface area contributed by atoms with Crippen molar-refractivity contribution in [3.8, 4) is 0 Å². The molecule has 2 fully saturated rings. The zero-order valence-corrected chi connectivity index (χ0v) is 16.5. The highest BCUT2D eigenvalue weighted by Gasteiger charge is 2.34. The molecule has 1 amide bonds. The monoisotopic (exact) mass is 389 g/mol. The largest absolute Gasteiger partial charge is 0.375 e. The Balaban J connectivity index is 0.00000156. The van der Waals surface area contributed by atoms with Crippen LogP contribution < -0.4 is 10.2 Å². The van der Waals surface area contributed by atoms with Gasteiger partial charge in [-0.2, -0.15) is 0 Å². The maximum absolute atomic E-state index is 12.7. The first kappa shape index (κ1) is 22.0. The quantitative estimate of drug-likeness (QED) is 0.861. The van der Waals surface area contributed by atoms with Crippen molar-refractivity contribution in [2.75, 3.05) is 38.2 Å². The standard InChI is InChI=1S/C18H27N3O2.2ClH/c1-14-17(19-10-13-23-14)18(22)21-11-8-16(9-12-21)20(2)15-6-4-3-5-7-15;;/h3-7,14,16-17,19H,8-13H2,1-2H3;2*1H/t14-,17+;;/m1../s1. The number of anilines is 1. The molecule has 2 aliphatic rings. The van der Waals surface area contributed by atoms with Gasteiger partial charge in [0.2, 0.25) is 5.91 Å². The number of hydrogen-bond donors (Lipinski definition) is 1. The van der Waals surface area contributed by atoms with Gasteiger partial charge in [-0.25, -0.2) is 0 Å². The lowest BCUT2D eigenvalue weighted by molar-refractivity contribution is -0.140. The molecule has 2 atom stereocenters. The number of para-hydroxylation sites is 1. The second kappa shape index (κ2) is 10.2. The highest BCUT2D eigenvalue weighted by molar-refractivity contribution is 5.85. The van der Waals surface area contributed by atoms with Crippen molar-refractivity contribution in [1.29, 1.82) is 0 Å². The molecule has 0 saturated carbocycles. The minimum atomic E-state index is -0.188. The van der Waals surface area contributed by atoms with E-state index in [0.29, 0.717) is 12.6 Å². The number of piperidine rings is 1. The summed E-state index contributed by atoms with van der Waals surface area (Å²) in [4.78, 5) is 17.0. The summed E-state index contributed by atoms with van der Waals surface area (Å²) in [7, 11) is 2.15. The number of morpholine rings is 1. The number of carbonyl (C=O) groups excluding carboxylic acids is 1. The molecule has 0 bridgehead atoms. The van der Waals surface area contributed by atoms with Crippen molar-refractivity contribution in [1.82, 2.24) is 10.2 Å². The smallest absolute Gasteiger partial charge is 0.242 e. The number of halogens is 2. The summed E-state index contributed by atoms with van der Waals surface area (Å²) in [6.07, 6.45) is 1.99. The Labute approximate surface area is 162 Å². The van der Waals surface area contributed by atoms with Gasteiger partial charge in [0.25, 0.3) is 0 Å². The van der Waals surface area contributed by atoms with Gasteiger partial charge in [-0.1, -0.05) is 18.2 Å². The van der Waals surface area contributed by atoms with Crippen LogP contribution in [0.15, 0.2) is 30.3 Å². The van der Waals surface area contributed by atoms with Crippen LogP contribution in [-0.4, -0.2) is 62.3 Å². The average Bonchev–Trinajstić information content (AvgIpc) is 2.62. The lowest BCUT2D eigenvalue weighted by atomic mass is 10.0. The summed E-state index contributed by atoms with van der Waals surface area (Å²) in [5, 5.41) is 3.30. The topological polar surface area (TPSA) is 44.8 Å². The molecular weight excluding hydrogens is 361 g/mol. The van der Waals surface area contributed by atoms with Crippen LogP contribution in [0.1, 0.15) is 19.8 Å². The number of nitrogens with one attached hydrogen (secondary N) is 1. The van der Waals surface area contributed by atoms with Crippen molar-refractivity contribution in [2.45, 2.75) is 38.0 Å². The van der Waals surface area contributed by atoms with Crippen LogP contribution in [0.3, 0.4) is 0 Å². The highest BCUT2D eigenvalue weighted by Crippen LogP contribution is 2.22. The molecule has 0 radical (unpaired) electrons. The predicted molar refractivity (Wildman–Crippen MR) is 106 cm³/mol. The SMILES string of the molecule is C[C@H]1OCCN[C@@H]1C(=O)N1CCC(N(C)c2ccccc2)CC1.Cl.Cl. The minimum Gasteiger partial charge on any atom is -0.375 e. The number of nitrogens with zero attached hydrogens (tertiary/aromatic N) is 2. The van der Waals surface area contributed by atoms with Crippen LogP contribution in [-0.2, 0) is 9.53 Å². The second-order valence-electron chi connectivity index (χ2n) is 6.51. The molecule has 1 N–H and O–H groups in total. The van der Waals surface area contributed by atoms with Crippen LogP contribution >= 0.6 is 24.8 Å². The molecule has 7 heteroatoms. The van der Waals surface area contributed by atoms with E-state index < -0.39 is 0 Å². The molecule has 2 aliphatic heterocycles. The maximum Gasteiger partial charge on any atom is 0.242 e. The van der Waals surface area contributed by atoms with Crippen LogP contribution in [0, 0.1) is 0 Å². The molecule has 3 rings (SSSR count). The third kappa shape index (κ3) is 5.23. The zero-order valence-electron chi connectivity index (χ0n) is 14.9. The molecule has 25 heavy (non-hydrogen) atoms. The van der Waals surface area contributed by atoms with Gasteiger partial charge >= 0.3 is 0 Å². The number of rotatable bonds is 3. The van der Waals surface area contributed by atoms with E-state index in [1.54, 1.807) is 0 Å². The predicted octanol–water partition coefficient (Wildman–Crippen LogP) is 2.33. The average molecular weight is 390 g/mol. The Hall–Kier alpha value is -1.01. The van der Waals surface area contributed by atoms with E-state index in [2.05, 4.69) is 41.5 Å². The summed E-state index contributed by atoms with van der Waals surface area (Å²) in [6, 6.07) is 10.8. The van der Waals surface area contributed by atoms with Gasteiger partial charge in [-0.05, 0) is 31.9 Å². The number of ether oxygens (including phenoxy) is 1. The first-order valence-corrected chi connectivity index (χ1v) is 8.58. The van der Waals surface area contributed by atoms with Gasteiger partial charge in [0.05, 0.1) is 12.7 Å². The molecule has 0 unspecified atom stereocenters. The number of amides is 1. The van der Waals surface area contributed by atoms with E-state index in [1.165, 1.54) is 5.69 Å². The fourth-order valence-electron chi connectivity index (χ4n) is 3.55. The Morgan fingerprint density at radius 1 is 1.20 bits per heavy atom. The van der Waals surface area contributed by atoms with Crippen LogP contribution in [0.5, 0.6) is 0 Å². The van der Waals surface area contributed by atoms with Crippen molar-refractivity contribution < 1.29 is 9.53 Å². The molecule has 0 spiro atoms. The summed E-state index contributed by atoms with van der Waals surface area (Å²) >= 11 is 0. The number of hydrogen-bond acceptors (Lipinski definition) is 4. The molecule has 2 saturated heterocycles. The number of likely N-dealkylation sites (tertiary alicyclic amines) is 1. The lowest BCUT2D eigenvalue weighted by Gasteiger charge is -2.40. The van der Waals surface area contributed by atoms with Crippen LogP contribution in [0.25, 0.3) is 0 Å². The summed E-state index contributed by atoms with van der Waals surface area (Å²) in [6.45, 7) is 5.07. The van der Waals surface area contributed by atoms with Gasteiger partial charge in [-0.15, -0.1) is 24.8 Å². The summed E-state index contributed by atoms with van der Waals surface area (Å²) < 4.78 is 5.60. The Bertz CT molecular complexity index is 524. The molecule has 142 valence electrons. The van der Waals surface area contributed by atoms with Crippen molar-refractivity contribution in [3.63, 3.8) is 0 Å². The molecule has 5 nitrogen and oxygen atoms in total. The normalized spacial score (nSPS) is 24.0. The van der Waals surface area contributed by atoms with E-state index in [1.807, 2.05) is 17.9 Å². The minimum absolute atomic E-state index is 0. The van der Waals surface area contributed by atoms with Gasteiger partial charge < -0.3 is 19.9 Å². The van der Waals surface area contributed by atoms with Gasteiger partial charge in [0.15, 0.2) is 0 Å². The molecule has 0 aromatic heterocycles. The Morgan fingerprint density at radius 3 is 2.44 bits per heavy atom. The van der Waals surface area contributed by atoms with Gasteiger partial charge in [0, 0.05) is 38.4 Å². The van der Waals surface area contributed by atoms with E-state index in [0.717, 1.165) is 32.5 Å². The molecule has 1 aromatic carbocycles.